The fourth-order valence-electron chi connectivity index (χ4n) is 0.861. The van der Waals surface area contributed by atoms with Crippen molar-refractivity contribution >= 4 is 0 Å². The second kappa shape index (κ2) is 3.67. The van der Waals surface area contributed by atoms with Crippen molar-refractivity contribution in [3.05, 3.63) is 24.0 Å². The average Bonchev–Trinajstić information content (AvgIpc) is 2.52. The van der Waals surface area contributed by atoms with Crippen LogP contribution in [0.4, 0.5) is 0 Å². The van der Waals surface area contributed by atoms with E-state index >= 15 is 0 Å². The highest BCUT2D eigenvalue weighted by Crippen LogP contribution is 1.97. The van der Waals surface area contributed by atoms with Gasteiger partial charge < -0.3 is 9.88 Å². The number of H-pyrrole nitrogens is 1. The molecule has 0 aliphatic rings. The molecule has 11 heavy (non-hydrogen) atoms. The zero-order chi connectivity index (χ0) is 8.10. The predicted octanol–water partition coefficient (Wildman–Crippen LogP) is 0.970. The van der Waals surface area contributed by atoms with Crippen LogP contribution in [0, 0.1) is 11.5 Å². The molecule has 0 aliphatic heterocycles. The number of rotatable bonds is 3. The van der Waals surface area contributed by atoms with E-state index < -0.39 is 0 Å². The van der Waals surface area contributed by atoms with Crippen LogP contribution in [0.25, 0.3) is 0 Å². The van der Waals surface area contributed by atoms with Gasteiger partial charge in [0.1, 0.15) is 0 Å². The Labute approximate surface area is 66.3 Å². The van der Waals surface area contributed by atoms with E-state index in [1.54, 1.807) is 11.9 Å². The van der Waals surface area contributed by atoms with Gasteiger partial charge in [0.2, 0.25) is 0 Å². The van der Waals surface area contributed by atoms with Gasteiger partial charge in [-0.15, -0.1) is 0 Å². The largest absolute Gasteiger partial charge is 0.367 e. The molecule has 58 valence electrons. The lowest BCUT2D eigenvalue weighted by molar-refractivity contribution is 0.478. The molecule has 0 saturated carbocycles. The third-order valence-corrected chi connectivity index (χ3v) is 1.57. The molecule has 1 aromatic heterocycles. The number of hydrogen-bond acceptors (Lipinski definition) is 2. The SMILES string of the molecule is CN(C#N)CCc1cc[nH]c1. The van der Waals surface area contributed by atoms with E-state index in [0.29, 0.717) is 0 Å². The minimum Gasteiger partial charge on any atom is -0.367 e. The molecule has 1 aromatic rings. The van der Waals surface area contributed by atoms with Gasteiger partial charge in [-0.3, -0.25) is 0 Å². The predicted molar refractivity (Wildman–Crippen MR) is 42.7 cm³/mol. The van der Waals surface area contributed by atoms with Gasteiger partial charge in [-0.1, -0.05) is 0 Å². The van der Waals surface area contributed by atoms with E-state index in [1.165, 1.54) is 5.56 Å². The van der Waals surface area contributed by atoms with E-state index in [0.717, 1.165) is 13.0 Å². The van der Waals surface area contributed by atoms with Crippen LogP contribution in [-0.4, -0.2) is 23.5 Å². The molecule has 1 N–H and O–H groups in total. The quantitative estimate of drug-likeness (QED) is 0.514. The molecule has 0 atom stereocenters. The third kappa shape index (κ3) is 2.34. The number of nitrogens with zero attached hydrogens (tertiary/aromatic N) is 2. The molecule has 3 nitrogen and oxygen atoms in total. The van der Waals surface area contributed by atoms with Crippen LogP contribution in [0.5, 0.6) is 0 Å². The highest BCUT2D eigenvalue weighted by molar-refractivity contribution is 5.08. The molecule has 1 heterocycles. The van der Waals surface area contributed by atoms with Crippen molar-refractivity contribution in [2.24, 2.45) is 0 Å². The van der Waals surface area contributed by atoms with Crippen molar-refractivity contribution in [1.82, 2.24) is 9.88 Å². The number of aromatic nitrogens is 1. The van der Waals surface area contributed by atoms with Gasteiger partial charge in [0.15, 0.2) is 6.19 Å². The summed E-state index contributed by atoms with van der Waals surface area (Å²) in [5, 5.41) is 8.43. The van der Waals surface area contributed by atoms with Gasteiger partial charge in [0.25, 0.3) is 0 Å². The first-order chi connectivity index (χ1) is 5.33. The summed E-state index contributed by atoms with van der Waals surface area (Å²) >= 11 is 0. The number of hydrogen-bond donors (Lipinski definition) is 1. The van der Waals surface area contributed by atoms with Crippen molar-refractivity contribution in [1.29, 1.82) is 5.26 Å². The number of nitriles is 1. The molecule has 0 aromatic carbocycles. The van der Waals surface area contributed by atoms with Gasteiger partial charge in [-0.25, -0.2) is 0 Å². The van der Waals surface area contributed by atoms with E-state index in [4.69, 9.17) is 5.26 Å². The summed E-state index contributed by atoms with van der Waals surface area (Å²) in [7, 11) is 1.78. The Morgan fingerprint density at radius 1 is 1.73 bits per heavy atom. The van der Waals surface area contributed by atoms with Crippen LogP contribution in [0.1, 0.15) is 5.56 Å². The van der Waals surface area contributed by atoms with Crippen LogP contribution in [0.2, 0.25) is 0 Å². The minimum absolute atomic E-state index is 0.786. The summed E-state index contributed by atoms with van der Waals surface area (Å²) in [4.78, 5) is 4.59. The highest BCUT2D eigenvalue weighted by atomic mass is 15.1. The van der Waals surface area contributed by atoms with Crippen LogP contribution >= 0.6 is 0 Å². The Morgan fingerprint density at radius 3 is 3.09 bits per heavy atom. The lowest BCUT2D eigenvalue weighted by Crippen LogP contribution is -2.14. The molecule has 0 amide bonds. The fourth-order valence-corrected chi connectivity index (χ4v) is 0.861. The number of nitrogens with one attached hydrogen (secondary N) is 1. The zero-order valence-corrected chi connectivity index (χ0v) is 6.54. The van der Waals surface area contributed by atoms with Crippen molar-refractivity contribution in [3.8, 4) is 6.19 Å². The monoisotopic (exact) mass is 149 g/mol. The molecule has 0 radical (unpaired) electrons. The van der Waals surface area contributed by atoms with Crippen molar-refractivity contribution in [2.75, 3.05) is 13.6 Å². The molecule has 0 fully saturated rings. The summed E-state index contributed by atoms with van der Waals surface area (Å²) in [6, 6.07) is 2.02. The first-order valence-electron chi connectivity index (χ1n) is 3.55. The fraction of sp³-hybridized carbons (Fsp3) is 0.375. The summed E-state index contributed by atoms with van der Waals surface area (Å²) in [6.45, 7) is 0.786. The molecule has 0 saturated heterocycles. The summed E-state index contributed by atoms with van der Waals surface area (Å²) in [6.07, 6.45) is 6.81. The Hall–Kier alpha value is -1.43. The first-order valence-corrected chi connectivity index (χ1v) is 3.55. The van der Waals surface area contributed by atoms with Gasteiger partial charge in [0.05, 0.1) is 0 Å². The summed E-state index contributed by atoms with van der Waals surface area (Å²) in [5.74, 6) is 0. The van der Waals surface area contributed by atoms with Gasteiger partial charge >= 0.3 is 0 Å². The molecule has 0 unspecified atom stereocenters. The van der Waals surface area contributed by atoms with E-state index in [1.807, 2.05) is 18.5 Å². The molecular formula is C8H11N3. The molecule has 1 rings (SSSR count). The first kappa shape index (κ1) is 7.67. The van der Waals surface area contributed by atoms with Crippen molar-refractivity contribution in [2.45, 2.75) is 6.42 Å². The third-order valence-electron chi connectivity index (χ3n) is 1.57. The van der Waals surface area contributed by atoms with E-state index in [2.05, 4.69) is 11.2 Å². The summed E-state index contributed by atoms with van der Waals surface area (Å²) < 4.78 is 0. The van der Waals surface area contributed by atoms with Crippen LogP contribution in [-0.2, 0) is 6.42 Å². The van der Waals surface area contributed by atoms with Gasteiger partial charge in [-0.2, -0.15) is 5.26 Å². The molecule has 0 aliphatic carbocycles. The number of aromatic amines is 1. The lowest BCUT2D eigenvalue weighted by atomic mass is 10.2. The Kier molecular flexibility index (Phi) is 2.56. The second-order valence-corrected chi connectivity index (χ2v) is 2.49. The molecule has 3 heteroatoms. The Bertz CT molecular complexity index is 232. The van der Waals surface area contributed by atoms with E-state index in [9.17, 15) is 0 Å². The summed E-state index contributed by atoms with van der Waals surface area (Å²) in [5.41, 5.74) is 1.24. The second-order valence-electron chi connectivity index (χ2n) is 2.49. The maximum Gasteiger partial charge on any atom is 0.179 e. The van der Waals surface area contributed by atoms with Crippen molar-refractivity contribution in [3.63, 3.8) is 0 Å². The molecule has 0 bridgehead atoms. The topological polar surface area (TPSA) is 42.8 Å². The van der Waals surface area contributed by atoms with Gasteiger partial charge in [0, 0.05) is 26.0 Å². The molecule has 0 spiro atoms. The zero-order valence-electron chi connectivity index (χ0n) is 6.54. The minimum atomic E-state index is 0.786. The van der Waals surface area contributed by atoms with Crippen molar-refractivity contribution < 1.29 is 0 Å². The Morgan fingerprint density at radius 2 is 2.55 bits per heavy atom. The maximum atomic E-state index is 8.43. The van der Waals surface area contributed by atoms with Crippen LogP contribution < -0.4 is 0 Å². The highest BCUT2D eigenvalue weighted by Gasteiger charge is 1.95. The normalized spacial score (nSPS) is 9.09. The van der Waals surface area contributed by atoms with Crippen LogP contribution in [0.3, 0.4) is 0 Å². The average molecular weight is 149 g/mol. The maximum absolute atomic E-state index is 8.43. The number of likely N-dealkylation sites (N-methyl/N-ethyl adjacent to an activating group) is 1. The molecular weight excluding hydrogens is 138 g/mol. The van der Waals surface area contributed by atoms with Gasteiger partial charge in [-0.05, 0) is 18.1 Å². The van der Waals surface area contributed by atoms with E-state index in [-0.39, 0.29) is 0 Å². The Balaban J connectivity index is 2.30. The smallest absolute Gasteiger partial charge is 0.179 e. The standard InChI is InChI=1S/C8H11N3/c1-11(7-9)5-3-8-2-4-10-6-8/h2,4,6,10H,3,5H2,1H3. The lowest BCUT2D eigenvalue weighted by Gasteiger charge is -2.05. The van der Waals surface area contributed by atoms with Crippen LogP contribution in [0.15, 0.2) is 18.5 Å².